The maximum Gasteiger partial charge on any atom is 0.337 e. The van der Waals surface area contributed by atoms with Gasteiger partial charge in [-0.25, -0.2) is 4.79 Å². The zero-order valence-corrected chi connectivity index (χ0v) is 15.6. The van der Waals surface area contributed by atoms with Gasteiger partial charge < -0.3 is 10.1 Å². The summed E-state index contributed by atoms with van der Waals surface area (Å²) in [5.41, 5.74) is 2.40. The Balaban J connectivity index is 1.45. The van der Waals surface area contributed by atoms with Crippen molar-refractivity contribution in [2.24, 2.45) is 0 Å². The van der Waals surface area contributed by atoms with Crippen molar-refractivity contribution in [2.45, 2.75) is 31.7 Å². The van der Waals surface area contributed by atoms with E-state index < -0.39 is 0 Å². The van der Waals surface area contributed by atoms with E-state index in [1.54, 1.807) is 30.5 Å². The van der Waals surface area contributed by atoms with Crippen molar-refractivity contribution >= 4 is 17.6 Å². The van der Waals surface area contributed by atoms with Crippen LogP contribution < -0.4 is 5.32 Å². The maximum atomic E-state index is 12.2. The molecule has 2 aromatic rings. The summed E-state index contributed by atoms with van der Waals surface area (Å²) < 4.78 is 4.66. The molecule has 6 nitrogen and oxygen atoms in total. The van der Waals surface area contributed by atoms with Crippen LogP contribution in [0, 0.1) is 0 Å². The van der Waals surface area contributed by atoms with Crippen LogP contribution in [0.5, 0.6) is 0 Å². The van der Waals surface area contributed by atoms with Crippen LogP contribution in [0.15, 0.2) is 48.8 Å². The third-order valence-electron chi connectivity index (χ3n) is 4.87. The highest BCUT2D eigenvalue weighted by molar-refractivity contribution is 5.93. The van der Waals surface area contributed by atoms with Gasteiger partial charge in [-0.05, 0) is 68.2 Å². The molecule has 1 saturated heterocycles. The molecule has 1 atom stereocenters. The van der Waals surface area contributed by atoms with Gasteiger partial charge in [0.1, 0.15) is 0 Å². The first-order valence-corrected chi connectivity index (χ1v) is 9.29. The van der Waals surface area contributed by atoms with E-state index in [-0.39, 0.29) is 11.9 Å². The molecule has 3 rings (SSSR count). The minimum Gasteiger partial charge on any atom is -0.465 e. The lowest BCUT2D eigenvalue weighted by atomic mass is 10.1. The number of rotatable bonds is 7. The van der Waals surface area contributed by atoms with Gasteiger partial charge in [-0.15, -0.1) is 0 Å². The van der Waals surface area contributed by atoms with Gasteiger partial charge >= 0.3 is 5.97 Å². The lowest BCUT2D eigenvalue weighted by Crippen LogP contribution is -2.25. The Labute approximate surface area is 159 Å². The molecule has 1 N–H and O–H groups in total. The minimum atomic E-state index is -0.387. The van der Waals surface area contributed by atoms with E-state index in [0.717, 1.165) is 25.9 Å². The number of methoxy groups -OCH3 is 1. The monoisotopic (exact) mass is 367 g/mol. The Bertz CT molecular complexity index is 762. The Kier molecular flexibility index (Phi) is 6.54. The standard InChI is InChI=1S/C21H25N3O3/c1-27-21(26)16-8-10-18(11-9-16)23-20(25)7-4-14-24-13-3-6-19(24)17-5-2-12-22-15-17/h2,5,8-12,15,19H,3-4,6-7,13-14H2,1H3,(H,23,25)/t19-/m0/s1. The number of hydrogen-bond donors (Lipinski definition) is 1. The number of pyridine rings is 1. The van der Waals surface area contributed by atoms with E-state index in [1.807, 2.05) is 12.3 Å². The van der Waals surface area contributed by atoms with Crippen LogP contribution in [0.4, 0.5) is 5.69 Å². The molecule has 27 heavy (non-hydrogen) atoms. The first-order valence-electron chi connectivity index (χ1n) is 9.29. The quantitative estimate of drug-likeness (QED) is 0.759. The van der Waals surface area contributed by atoms with Crippen LogP contribution in [0.2, 0.25) is 0 Å². The normalized spacial score (nSPS) is 16.9. The smallest absolute Gasteiger partial charge is 0.337 e. The highest BCUT2D eigenvalue weighted by Gasteiger charge is 2.25. The van der Waals surface area contributed by atoms with Crippen LogP contribution in [-0.2, 0) is 9.53 Å². The van der Waals surface area contributed by atoms with Crippen molar-refractivity contribution < 1.29 is 14.3 Å². The highest BCUT2D eigenvalue weighted by Crippen LogP contribution is 2.31. The fourth-order valence-corrected chi connectivity index (χ4v) is 3.52. The summed E-state index contributed by atoms with van der Waals surface area (Å²) in [6, 6.07) is 11.2. The summed E-state index contributed by atoms with van der Waals surface area (Å²) in [5, 5.41) is 2.87. The van der Waals surface area contributed by atoms with Gasteiger partial charge in [0.15, 0.2) is 0 Å². The first-order chi connectivity index (χ1) is 13.2. The first kappa shape index (κ1) is 19.0. The van der Waals surface area contributed by atoms with Gasteiger partial charge in [0.25, 0.3) is 0 Å². The summed E-state index contributed by atoms with van der Waals surface area (Å²) in [7, 11) is 1.34. The zero-order chi connectivity index (χ0) is 19.1. The highest BCUT2D eigenvalue weighted by atomic mass is 16.5. The van der Waals surface area contributed by atoms with Crippen LogP contribution in [-0.4, -0.2) is 42.0 Å². The topological polar surface area (TPSA) is 71.5 Å². The van der Waals surface area contributed by atoms with E-state index in [2.05, 4.69) is 26.0 Å². The molecule has 142 valence electrons. The van der Waals surface area contributed by atoms with Crippen LogP contribution in [0.25, 0.3) is 0 Å². The fraction of sp³-hybridized carbons (Fsp3) is 0.381. The molecular formula is C21H25N3O3. The summed E-state index contributed by atoms with van der Waals surface area (Å²) >= 11 is 0. The third kappa shape index (κ3) is 5.14. The Hall–Kier alpha value is -2.73. The minimum absolute atomic E-state index is 0.0158. The van der Waals surface area contributed by atoms with Crippen LogP contribution in [0.3, 0.4) is 0 Å². The van der Waals surface area contributed by atoms with Gasteiger partial charge in [0.2, 0.25) is 5.91 Å². The molecule has 2 heterocycles. The maximum absolute atomic E-state index is 12.2. The van der Waals surface area contributed by atoms with Crippen LogP contribution >= 0.6 is 0 Å². The van der Waals surface area contributed by atoms with Gasteiger partial charge in [-0.1, -0.05) is 6.07 Å². The number of ether oxygens (including phenoxy) is 1. The van der Waals surface area contributed by atoms with Crippen molar-refractivity contribution in [1.29, 1.82) is 0 Å². The molecule has 1 aliphatic rings. The number of carbonyl (C=O) groups excluding carboxylic acids is 2. The van der Waals surface area contributed by atoms with E-state index in [9.17, 15) is 9.59 Å². The number of hydrogen-bond acceptors (Lipinski definition) is 5. The van der Waals surface area contributed by atoms with Gasteiger partial charge in [-0.3, -0.25) is 14.7 Å². The molecular weight excluding hydrogens is 342 g/mol. The van der Waals surface area contributed by atoms with Gasteiger partial charge in [0, 0.05) is 30.5 Å². The number of esters is 1. The number of nitrogens with zero attached hydrogens (tertiary/aromatic N) is 2. The molecule has 0 unspecified atom stereocenters. The number of anilines is 1. The number of nitrogens with one attached hydrogen (secondary N) is 1. The molecule has 0 spiro atoms. The molecule has 1 fully saturated rings. The van der Waals surface area contributed by atoms with E-state index in [1.165, 1.54) is 19.1 Å². The summed E-state index contributed by atoms with van der Waals surface area (Å²) in [4.78, 5) is 30.3. The molecule has 6 heteroatoms. The van der Waals surface area contributed by atoms with Crippen molar-refractivity contribution in [2.75, 3.05) is 25.5 Å². The average Bonchev–Trinajstić information content (AvgIpc) is 3.17. The lowest BCUT2D eigenvalue weighted by Gasteiger charge is -2.24. The summed E-state index contributed by atoms with van der Waals surface area (Å²) in [6.07, 6.45) is 7.33. The van der Waals surface area contributed by atoms with Crippen molar-refractivity contribution in [3.63, 3.8) is 0 Å². The predicted molar refractivity (Wildman–Crippen MR) is 103 cm³/mol. The Morgan fingerprint density at radius 3 is 2.78 bits per heavy atom. The lowest BCUT2D eigenvalue weighted by molar-refractivity contribution is -0.116. The molecule has 0 saturated carbocycles. The summed E-state index contributed by atoms with van der Waals surface area (Å²) in [6.45, 7) is 1.96. The largest absolute Gasteiger partial charge is 0.465 e. The second kappa shape index (κ2) is 9.28. The molecule has 1 aromatic carbocycles. The number of likely N-dealkylation sites (tertiary alicyclic amines) is 1. The van der Waals surface area contributed by atoms with Crippen LogP contribution in [0.1, 0.15) is 47.6 Å². The van der Waals surface area contributed by atoms with Gasteiger partial charge in [-0.2, -0.15) is 0 Å². The van der Waals surface area contributed by atoms with Crippen molar-refractivity contribution in [3.8, 4) is 0 Å². The van der Waals surface area contributed by atoms with Crippen molar-refractivity contribution in [1.82, 2.24) is 9.88 Å². The Morgan fingerprint density at radius 2 is 2.07 bits per heavy atom. The second-order valence-electron chi connectivity index (χ2n) is 6.70. The molecule has 1 aromatic heterocycles. The molecule has 0 aliphatic carbocycles. The fourth-order valence-electron chi connectivity index (χ4n) is 3.52. The van der Waals surface area contributed by atoms with E-state index >= 15 is 0 Å². The average molecular weight is 367 g/mol. The number of carbonyl (C=O) groups is 2. The number of amides is 1. The van der Waals surface area contributed by atoms with Gasteiger partial charge in [0.05, 0.1) is 12.7 Å². The number of aromatic nitrogens is 1. The van der Waals surface area contributed by atoms with Crippen molar-refractivity contribution in [3.05, 3.63) is 59.9 Å². The molecule has 1 aliphatic heterocycles. The van der Waals surface area contributed by atoms with E-state index in [4.69, 9.17) is 0 Å². The van der Waals surface area contributed by atoms with E-state index in [0.29, 0.717) is 23.7 Å². The summed E-state index contributed by atoms with van der Waals surface area (Å²) in [5.74, 6) is -0.403. The number of benzene rings is 1. The molecule has 0 radical (unpaired) electrons. The zero-order valence-electron chi connectivity index (χ0n) is 15.6. The molecule has 0 bridgehead atoms. The third-order valence-corrected chi connectivity index (χ3v) is 4.87. The predicted octanol–water partition coefficient (Wildman–Crippen LogP) is 3.42. The molecule has 1 amide bonds. The SMILES string of the molecule is COC(=O)c1ccc(NC(=O)CCCN2CCC[C@H]2c2cccnc2)cc1. The Morgan fingerprint density at radius 1 is 1.26 bits per heavy atom. The second-order valence-corrected chi connectivity index (χ2v) is 6.70.